The van der Waals surface area contributed by atoms with Crippen LogP contribution < -0.4 is 14.2 Å². The second-order valence-electron chi connectivity index (χ2n) is 6.68. The van der Waals surface area contributed by atoms with Crippen LogP contribution in [0, 0.1) is 6.92 Å². The van der Waals surface area contributed by atoms with Crippen LogP contribution in [0.25, 0.3) is 0 Å². The minimum atomic E-state index is -3.78. The Kier molecular flexibility index (Phi) is 5.07. The van der Waals surface area contributed by atoms with Crippen molar-refractivity contribution in [3.63, 3.8) is 0 Å². The number of ether oxygens (including phenoxy) is 2. The van der Waals surface area contributed by atoms with Gasteiger partial charge in [-0.15, -0.1) is 0 Å². The fourth-order valence-electron chi connectivity index (χ4n) is 3.15. The molecule has 1 heterocycles. The Morgan fingerprint density at radius 1 is 0.821 bits per heavy atom. The molecule has 1 aliphatic heterocycles. The number of hydrogen-bond donors (Lipinski definition) is 1. The van der Waals surface area contributed by atoms with Crippen LogP contribution in [0.3, 0.4) is 0 Å². The first-order valence-electron chi connectivity index (χ1n) is 9.06. The van der Waals surface area contributed by atoms with Gasteiger partial charge in [-0.3, -0.25) is 0 Å². The molecule has 0 spiro atoms. The SMILES string of the molecule is Cc1ccc([C@@H](NS(=O)(=O)c2ccc3c(c2)OCCO3)c2ccccc2)cc1. The average Bonchev–Trinajstić information content (AvgIpc) is 2.73. The lowest BCUT2D eigenvalue weighted by molar-refractivity contribution is 0.171. The number of nitrogens with one attached hydrogen (secondary N) is 1. The Hall–Kier alpha value is -2.83. The summed E-state index contributed by atoms with van der Waals surface area (Å²) < 4.78 is 40.1. The van der Waals surface area contributed by atoms with Gasteiger partial charge in [-0.2, -0.15) is 4.72 Å². The van der Waals surface area contributed by atoms with Crippen LogP contribution in [0.15, 0.2) is 77.7 Å². The summed E-state index contributed by atoms with van der Waals surface area (Å²) in [5, 5.41) is 0. The van der Waals surface area contributed by atoms with Crippen molar-refractivity contribution in [1.29, 1.82) is 0 Å². The van der Waals surface area contributed by atoms with Gasteiger partial charge in [0.05, 0.1) is 10.9 Å². The number of sulfonamides is 1. The molecule has 0 amide bonds. The third kappa shape index (κ3) is 3.88. The van der Waals surface area contributed by atoms with Crippen molar-refractivity contribution in [3.05, 3.63) is 89.5 Å². The molecular formula is C22H21NO4S. The highest BCUT2D eigenvalue weighted by molar-refractivity contribution is 7.89. The van der Waals surface area contributed by atoms with Crippen LogP contribution in [-0.2, 0) is 10.0 Å². The topological polar surface area (TPSA) is 64.6 Å². The minimum absolute atomic E-state index is 0.143. The molecule has 3 aromatic carbocycles. The molecule has 4 rings (SSSR count). The van der Waals surface area contributed by atoms with Gasteiger partial charge in [-0.1, -0.05) is 60.2 Å². The molecule has 1 N–H and O–H groups in total. The van der Waals surface area contributed by atoms with Crippen LogP contribution in [-0.4, -0.2) is 21.6 Å². The molecule has 0 saturated heterocycles. The average molecular weight is 395 g/mol. The number of hydrogen-bond acceptors (Lipinski definition) is 4. The predicted molar refractivity (Wildman–Crippen MR) is 107 cm³/mol. The molecule has 0 aromatic heterocycles. The van der Waals surface area contributed by atoms with Gasteiger partial charge in [0.1, 0.15) is 13.2 Å². The predicted octanol–water partition coefficient (Wildman–Crippen LogP) is 3.83. The Balaban J connectivity index is 1.70. The summed E-state index contributed by atoms with van der Waals surface area (Å²) in [6, 6.07) is 21.5. The molecule has 0 fully saturated rings. The minimum Gasteiger partial charge on any atom is -0.486 e. The first-order chi connectivity index (χ1) is 13.5. The van der Waals surface area contributed by atoms with Crippen LogP contribution in [0.5, 0.6) is 11.5 Å². The summed E-state index contributed by atoms with van der Waals surface area (Å²) in [5.74, 6) is 1.00. The van der Waals surface area contributed by atoms with E-state index in [2.05, 4.69) is 4.72 Å². The first-order valence-corrected chi connectivity index (χ1v) is 10.5. The van der Waals surface area contributed by atoms with Crippen LogP contribution in [0.4, 0.5) is 0 Å². The fourth-order valence-corrected chi connectivity index (χ4v) is 4.37. The van der Waals surface area contributed by atoms with Crippen LogP contribution in [0.2, 0.25) is 0 Å². The van der Waals surface area contributed by atoms with E-state index in [0.29, 0.717) is 24.7 Å². The van der Waals surface area contributed by atoms with Gasteiger partial charge in [0, 0.05) is 6.07 Å². The lowest BCUT2D eigenvalue weighted by Crippen LogP contribution is -2.29. The second-order valence-corrected chi connectivity index (χ2v) is 8.40. The lowest BCUT2D eigenvalue weighted by atomic mass is 9.99. The monoisotopic (exact) mass is 395 g/mol. The highest BCUT2D eigenvalue weighted by Gasteiger charge is 2.25. The molecule has 0 radical (unpaired) electrons. The molecular weight excluding hydrogens is 374 g/mol. The Morgan fingerprint density at radius 3 is 2.18 bits per heavy atom. The summed E-state index contributed by atoms with van der Waals surface area (Å²) in [7, 11) is -3.78. The van der Waals surface area contributed by atoms with E-state index in [1.54, 1.807) is 6.07 Å². The molecule has 0 saturated carbocycles. The zero-order valence-electron chi connectivity index (χ0n) is 15.5. The van der Waals surface area contributed by atoms with Crippen molar-refractivity contribution >= 4 is 10.0 Å². The Labute approximate surface area is 165 Å². The van der Waals surface area contributed by atoms with Crippen molar-refractivity contribution in [2.45, 2.75) is 17.9 Å². The highest BCUT2D eigenvalue weighted by Crippen LogP contribution is 2.33. The van der Waals surface area contributed by atoms with Gasteiger partial charge >= 0.3 is 0 Å². The molecule has 0 bridgehead atoms. The maximum atomic E-state index is 13.1. The molecule has 28 heavy (non-hydrogen) atoms. The van der Waals surface area contributed by atoms with Crippen molar-refractivity contribution < 1.29 is 17.9 Å². The smallest absolute Gasteiger partial charge is 0.241 e. The van der Waals surface area contributed by atoms with E-state index in [-0.39, 0.29) is 4.90 Å². The normalized spacial score (nSPS) is 14.5. The quantitative estimate of drug-likeness (QED) is 0.713. The van der Waals surface area contributed by atoms with Gasteiger partial charge in [-0.05, 0) is 30.2 Å². The molecule has 1 atom stereocenters. The van der Waals surface area contributed by atoms with Crippen molar-refractivity contribution in [1.82, 2.24) is 4.72 Å². The summed E-state index contributed by atoms with van der Waals surface area (Å²) >= 11 is 0. The van der Waals surface area contributed by atoms with Crippen molar-refractivity contribution in [2.75, 3.05) is 13.2 Å². The molecule has 1 aliphatic rings. The third-order valence-corrected chi connectivity index (χ3v) is 6.06. The van der Waals surface area contributed by atoms with Crippen LogP contribution >= 0.6 is 0 Å². The van der Waals surface area contributed by atoms with E-state index in [4.69, 9.17) is 9.47 Å². The zero-order valence-corrected chi connectivity index (χ0v) is 16.3. The van der Waals surface area contributed by atoms with E-state index in [1.165, 1.54) is 12.1 Å². The van der Waals surface area contributed by atoms with Gasteiger partial charge in [0.2, 0.25) is 10.0 Å². The van der Waals surface area contributed by atoms with Crippen molar-refractivity contribution in [2.24, 2.45) is 0 Å². The molecule has 3 aromatic rings. The molecule has 0 aliphatic carbocycles. The van der Waals surface area contributed by atoms with Gasteiger partial charge < -0.3 is 9.47 Å². The van der Waals surface area contributed by atoms with Gasteiger partial charge in [-0.25, -0.2) is 8.42 Å². The highest BCUT2D eigenvalue weighted by atomic mass is 32.2. The van der Waals surface area contributed by atoms with Gasteiger partial charge in [0.15, 0.2) is 11.5 Å². The summed E-state index contributed by atoms with van der Waals surface area (Å²) in [6.45, 7) is 2.86. The largest absolute Gasteiger partial charge is 0.486 e. The summed E-state index contributed by atoms with van der Waals surface area (Å²) in [6.07, 6.45) is 0. The summed E-state index contributed by atoms with van der Waals surface area (Å²) in [5.41, 5.74) is 2.86. The van der Waals surface area contributed by atoms with Gasteiger partial charge in [0.25, 0.3) is 0 Å². The standard InChI is InChI=1S/C22H21NO4S/c1-16-7-9-18(10-8-16)22(17-5-3-2-4-6-17)23-28(24,25)19-11-12-20-21(15-19)27-14-13-26-20/h2-12,15,22-23H,13-14H2,1H3/t22-/m0/s1. The van der Waals surface area contributed by atoms with Crippen LogP contribution in [0.1, 0.15) is 22.7 Å². The summed E-state index contributed by atoms with van der Waals surface area (Å²) in [4.78, 5) is 0.143. The molecule has 5 nitrogen and oxygen atoms in total. The third-order valence-electron chi connectivity index (χ3n) is 4.64. The molecule has 6 heteroatoms. The maximum absolute atomic E-state index is 13.1. The Bertz CT molecular complexity index is 1060. The van der Waals surface area contributed by atoms with E-state index < -0.39 is 16.1 Å². The van der Waals surface area contributed by atoms with E-state index in [1.807, 2.05) is 61.5 Å². The van der Waals surface area contributed by atoms with Crippen molar-refractivity contribution in [3.8, 4) is 11.5 Å². The fraction of sp³-hybridized carbons (Fsp3) is 0.182. The van der Waals surface area contributed by atoms with E-state index >= 15 is 0 Å². The second kappa shape index (κ2) is 7.66. The number of aryl methyl sites for hydroxylation is 1. The number of fused-ring (bicyclic) bond motifs is 1. The molecule has 144 valence electrons. The number of benzene rings is 3. The molecule has 0 unspecified atom stereocenters. The van der Waals surface area contributed by atoms with E-state index in [9.17, 15) is 8.42 Å². The van der Waals surface area contributed by atoms with E-state index in [0.717, 1.165) is 16.7 Å². The Morgan fingerprint density at radius 2 is 1.46 bits per heavy atom. The maximum Gasteiger partial charge on any atom is 0.241 e. The first kappa shape index (κ1) is 18.5. The number of rotatable bonds is 5. The zero-order chi connectivity index (χ0) is 19.6. The lowest BCUT2D eigenvalue weighted by Gasteiger charge is -2.22.